The number of carbonyl (C=O) groups excluding carboxylic acids is 1. The van der Waals surface area contributed by atoms with E-state index in [2.05, 4.69) is 6.92 Å². The Balaban J connectivity index is 2.72. The summed E-state index contributed by atoms with van der Waals surface area (Å²) in [4.78, 5) is 13.5. The molecule has 0 radical (unpaired) electrons. The van der Waals surface area contributed by atoms with Crippen LogP contribution in [0.1, 0.15) is 33.6 Å². The zero-order valence-corrected chi connectivity index (χ0v) is 8.08. The molecule has 0 aliphatic carbocycles. The van der Waals surface area contributed by atoms with Crippen LogP contribution >= 0.6 is 0 Å². The molecular formula is C9H18N2O. The van der Waals surface area contributed by atoms with Gasteiger partial charge < -0.3 is 10.6 Å². The Morgan fingerprint density at radius 2 is 2.08 bits per heavy atom. The second-order valence-electron chi connectivity index (χ2n) is 3.87. The van der Waals surface area contributed by atoms with Crippen LogP contribution in [0.3, 0.4) is 0 Å². The summed E-state index contributed by atoms with van der Waals surface area (Å²) in [6, 6.07) is 0.375. The molecule has 1 rings (SSSR count). The number of hydrogen-bond donors (Lipinski definition) is 1. The fourth-order valence-corrected chi connectivity index (χ4v) is 1.86. The molecule has 0 bridgehead atoms. The van der Waals surface area contributed by atoms with Crippen molar-refractivity contribution in [3.05, 3.63) is 0 Å². The lowest BCUT2D eigenvalue weighted by atomic mass is 9.98. The molecule has 1 aliphatic rings. The monoisotopic (exact) mass is 170 g/mol. The summed E-state index contributed by atoms with van der Waals surface area (Å²) >= 11 is 0. The zero-order chi connectivity index (χ0) is 9.30. The summed E-state index contributed by atoms with van der Waals surface area (Å²) in [5.41, 5.74) is 5.68. The molecule has 3 nitrogen and oxygen atoms in total. The number of hydrogen-bond acceptors (Lipinski definition) is 2. The maximum Gasteiger partial charge on any atom is 0.239 e. The fourth-order valence-electron chi connectivity index (χ4n) is 1.86. The minimum Gasteiger partial charge on any atom is -0.336 e. The second kappa shape index (κ2) is 3.44. The molecule has 2 atom stereocenters. The van der Waals surface area contributed by atoms with E-state index in [0.717, 1.165) is 12.8 Å². The Kier molecular flexibility index (Phi) is 2.73. The van der Waals surface area contributed by atoms with Crippen LogP contribution < -0.4 is 5.73 Å². The van der Waals surface area contributed by atoms with E-state index in [4.69, 9.17) is 5.73 Å². The Bertz CT molecular complexity index is 179. The van der Waals surface area contributed by atoms with Crippen LogP contribution in [-0.2, 0) is 4.79 Å². The van der Waals surface area contributed by atoms with Crippen LogP contribution in [0, 0.1) is 0 Å². The van der Waals surface area contributed by atoms with Crippen LogP contribution in [-0.4, -0.2) is 28.9 Å². The quantitative estimate of drug-likeness (QED) is 0.630. The van der Waals surface area contributed by atoms with E-state index >= 15 is 0 Å². The van der Waals surface area contributed by atoms with Crippen molar-refractivity contribution in [1.82, 2.24) is 4.90 Å². The third kappa shape index (κ3) is 1.61. The van der Waals surface area contributed by atoms with Gasteiger partial charge in [0.25, 0.3) is 0 Å². The van der Waals surface area contributed by atoms with Gasteiger partial charge in [0.15, 0.2) is 0 Å². The number of likely N-dealkylation sites (tertiary alicyclic amines) is 1. The molecular weight excluding hydrogens is 152 g/mol. The molecule has 1 amide bonds. The van der Waals surface area contributed by atoms with E-state index in [-0.39, 0.29) is 18.0 Å². The van der Waals surface area contributed by atoms with Crippen molar-refractivity contribution < 1.29 is 4.79 Å². The van der Waals surface area contributed by atoms with Gasteiger partial charge in [-0.25, -0.2) is 0 Å². The van der Waals surface area contributed by atoms with Gasteiger partial charge in [0, 0.05) is 12.1 Å². The van der Waals surface area contributed by atoms with Gasteiger partial charge in [0.05, 0.1) is 6.04 Å². The minimum absolute atomic E-state index is 0.115. The third-order valence-corrected chi connectivity index (χ3v) is 2.50. The van der Waals surface area contributed by atoms with Gasteiger partial charge in [-0.15, -0.1) is 0 Å². The van der Waals surface area contributed by atoms with Crippen molar-refractivity contribution in [2.24, 2.45) is 5.73 Å². The summed E-state index contributed by atoms with van der Waals surface area (Å²) in [7, 11) is 0. The molecule has 0 saturated carbocycles. The lowest BCUT2D eigenvalue weighted by Gasteiger charge is -2.39. The van der Waals surface area contributed by atoms with Crippen LogP contribution in [0.2, 0.25) is 0 Å². The topological polar surface area (TPSA) is 46.3 Å². The number of nitrogens with two attached hydrogens (primary N) is 1. The van der Waals surface area contributed by atoms with Gasteiger partial charge >= 0.3 is 0 Å². The number of piperidine rings is 1. The average molecular weight is 170 g/mol. The van der Waals surface area contributed by atoms with Crippen LogP contribution in [0.25, 0.3) is 0 Å². The highest BCUT2D eigenvalue weighted by atomic mass is 16.2. The number of amides is 1. The first-order chi connectivity index (χ1) is 5.54. The first-order valence-corrected chi connectivity index (χ1v) is 4.61. The molecule has 70 valence electrons. The molecule has 0 aromatic heterocycles. The van der Waals surface area contributed by atoms with E-state index < -0.39 is 0 Å². The van der Waals surface area contributed by atoms with Crippen LogP contribution in [0.4, 0.5) is 0 Å². The van der Waals surface area contributed by atoms with Gasteiger partial charge in [0.1, 0.15) is 0 Å². The van der Waals surface area contributed by atoms with Crippen molar-refractivity contribution in [2.75, 3.05) is 0 Å². The molecule has 1 saturated heterocycles. The van der Waals surface area contributed by atoms with Gasteiger partial charge in [-0.1, -0.05) is 0 Å². The molecule has 1 aliphatic heterocycles. The molecule has 0 spiro atoms. The zero-order valence-electron chi connectivity index (χ0n) is 8.08. The maximum absolute atomic E-state index is 11.6. The van der Waals surface area contributed by atoms with E-state index in [0.29, 0.717) is 6.04 Å². The average Bonchev–Trinajstić information content (AvgIpc) is 1.97. The number of rotatable bonds is 1. The largest absolute Gasteiger partial charge is 0.336 e. The lowest BCUT2D eigenvalue weighted by Crippen LogP contribution is -2.54. The first-order valence-electron chi connectivity index (χ1n) is 4.61. The third-order valence-electron chi connectivity index (χ3n) is 2.50. The summed E-state index contributed by atoms with van der Waals surface area (Å²) in [6.45, 7) is 6.16. The molecule has 1 fully saturated rings. The highest BCUT2D eigenvalue weighted by Gasteiger charge is 2.31. The van der Waals surface area contributed by atoms with Crippen molar-refractivity contribution in [1.29, 1.82) is 0 Å². The Hall–Kier alpha value is -0.570. The Morgan fingerprint density at radius 1 is 1.50 bits per heavy atom. The van der Waals surface area contributed by atoms with E-state index in [1.165, 1.54) is 0 Å². The smallest absolute Gasteiger partial charge is 0.239 e. The normalized spacial score (nSPS) is 31.4. The molecule has 0 aromatic rings. The molecule has 1 unspecified atom stereocenters. The highest BCUT2D eigenvalue weighted by molar-refractivity contribution is 5.82. The summed E-state index contributed by atoms with van der Waals surface area (Å²) < 4.78 is 0. The van der Waals surface area contributed by atoms with Crippen molar-refractivity contribution in [3.63, 3.8) is 0 Å². The minimum atomic E-state index is -0.261. The molecule has 12 heavy (non-hydrogen) atoms. The van der Waals surface area contributed by atoms with Crippen molar-refractivity contribution in [3.8, 4) is 0 Å². The summed E-state index contributed by atoms with van der Waals surface area (Å²) in [5.74, 6) is 0.115. The van der Waals surface area contributed by atoms with Crippen molar-refractivity contribution >= 4 is 5.91 Å². The second-order valence-corrected chi connectivity index (χ2v) is 3.87. The van der Waals surface area contributed by atoms with Gasteiger partial charge in [-0.05, 0) is 33.6 Å². The maximum atomic E-state index is 11.6. The predicted octanol–water partition coefficient (Wildman–Crippen LogP) is 0.733. The van der Waals surface area contributed by atoms with E-state index in [9.17, 15) is 4.79 Å². The Labute approximate surface area is 73.9 Å². The molecule has 3 heteroatoms. The SMILES string of the molecule is CC(C)N1C(=O)[C@@H](N)CCC1C. The predicted molar refractivity (Wildman–Crippen MR) is 48.7 cm³/mol. The highest BCUT2D eigenvalue weighted by Crippen LogP contribution is 2.19. The summed E-state index contributed by atoms with van der Waals surface area (Å²) in [5, 5.41) is 0. The van der Waals surface area contributed by atoms with Crippen molar-refractivity contribution in [2.45, 2.75) is 51.7 Å². The number of carbonyl (C=O) groups is 1. The fraction of sp³-hybridized carbons (Fsp3) is 0.889. The Morgan fingerprint density at radius 3 is 2.50 bits per heavy atom. The molecule has 0 aromatic carbocycles. The van der Waals surface area contributed by atoms with Gasteiger partial charge in [0.2, 0.25) is 5.91 Å². The summed E-state index contributed by atoms with van der Waals surface area (Å²) in [6.07, 6.45) is 1.87. The van der Waals surface area contributed by atoms with E-state index in [1.54, 1.807) is 0 Å². The van der Waals surface area contributed by atoms with Gasteiger partial charge in [-0.3, -0.25) is 4.79 Å². The van der Waals surface area contributed by atoms with Gasteiger partial charge in [-0.2, -0.15) is 0 Å². The first kappa shape index (κ1) is 9.52. The lowest BCUT2D eigenvalue weighted by molar-refractivity contribution is -0.139. The molecule has 1 heterocycles. The van der Waals surface area contributed by atoms with Crippen LogP contribution in [0.15, 0.2) is 0 Å². The standard InChI is InChI=1S/C9H18N2O/c1-6(2)11-7(3)4-5-8(10)9(11)12/h6-8H,4-5,10H2,1-3H3/t7?,8-/m0/s1. The molecule has 2 N–H and O–H groups in total. The number of nitrogens with zero attached hydrogens (tertiary/aromatic N) is 1. The van der Waals surface area contributed by atoms with Crippen LogP contribution in [0.5, 0.6) is 0 Å². The van der Waals surface area contributed by atoms with E-state index in [1.807, 2.05) is 18.7 Å².